The van der Waals surface area contributed by atoms with Crippen LogP contribution in [0, 0.1) is 18.6 Å². The van der Waals surface area contributed by atoms with Crippen LogP contribution in [-0.4, -0.2) is 12.1 Å². The first-order chi connectivity index (χ1) is 6.49. The van der Waals surface area contributed by atoms with Crippen LogP contribution in [0.15, 0.2) is 11.2 Å². The second-order valence-electron chi connectivity index (χ2n) is 2.63. The van der Waals surface area contributed by atoms with E-state index in [9.17, 15) is 8.78 Å². The lowest BCUT2D eigenvalue weighted by molar-refractivity contribution is 0.365. The molecule has 0 atom stereocenters. The maximum atomic E-state index is 13.4. The highest BCUT2D eigenvalue weighted by Gasteiger charge is 2.17. The van der Waals surface area contributed by atoms with Gasteiger partial charge in [0.2, 0.25) is 0 Å². The Balaban J connectivity index is 3.40. The number of halogens is 3. The molecule has 1 aromatic rings. The highest BCUT2D eigenvalue weighted by atomic mass is 79.9. The van der Waals surface area contributed by atoms with E-state index in [1.165, 1.54) is 14.0 Å². The third-order valence-electron chi connectivity index (χ3n) is 1.77. The highest BCUT2D eigenvalue weighted by molar-refractivity contribution is 9.10. The van der Waals surface area contributed by atoms with Crippen molar-refractivity contribution >= 4 is 21.7 Å². The summed E-state index contributed by atoms with van der Waals surface area (Å²) in [7, 11) is 1.34. The number of rotatable bonds is 2. The predicted octanol–water partition coefficient (Wildman–Crippen LogP) is 3.05. The van der Waals surface area contributed by atoms with Gasteiger partial charge in [-0.2, -0.15) is 0 Å². The molecule has 0 N–H and O–H groups in total. The third kappa shape index (κ3) is 1.77. The van der Waals surface area contributed by atoms with Crippen LogP contribution < -0.4 is 0 Å². The molecule has 0 bridgehead atoms. The van der Waals surface area contributed by atoms with Gasteiger partial charge in [0.25, 0.3) is 0 Å². The number of aromatic nitrogens is 1. The molecule has 0 saturated carbocycles. The highest BCUT2D eigenvalue weighted by Crippen LogP contribution is 2.24. The van der Waals surface area contributed by atoms with Crippen molar-refractivity contribution in [3.63, 3.8) is 0 Å². The lowest BCUT2D eigenvalue weighted by atomic mass is 10.2. The largest absolute Gasteiger partial charge is 0.495 e. The van der Waals surface area contributed by atoms with Crippen molar-refractivity contribution in [1.29, 1.82) is 0 Å². The standard InChI is InChI=1S/C9H8BrF2NO/c1-4-6(11)8(5(2)14-3)13-9(10)7(4)12/h2H2,1,3H3. The Morgan fingerprint density at radius 2 is 2.00 bits per heavy atom. The number of hydrogen-bond acceptors (Lipinski definition) is 2. The van der Waals surface area contributed by atoms with E-state index < -0.39 is 11.6 Å². The average Bonchev–Trinajstić information content (AvgIpc) is 2.19. The van der Waals surface area contributed by atoms with Crippen molar-refractivity contribution in [1.82, 2.24) is 4.98 Å². The second-order valence-corrected chi connectivity index (χ2v) is 3.38. The smallest absolute Gasteiger partial charge is 0.161 e. The van der Waals surface area contributed by atoms with Gasteiger partial charge < -0.3 is 4.74 Å². The molecule has 0 unspecified atom stereocenters. The topological polar surface area (TPSA) is 22.1 Å². The SMILES string of the molecule is C=C(OC)c1nc(Br)c(F)c(C)c1F. The quantitative estimate of drug-likeness (QED) is 0.605. The number of nitrogens with zero attached hydrogens (tertiary/aromatic N) is 1. The fourth-order valence-electron chi connectivity index (χ4n) is 0.906. The van der Waals surface area contributed by atoms with E-state index in [0.717, 1.165) is 0 Å². The molecule has 0 aliphatic carbocycles. The van der Waals surface area contributed by atoms with E-state index in [-0.39, 0.29) is 21.6 Å². The Kier molecular flexibility index (Phi) is 3.21. The van der Waals surface area contributed by atoms with Crippen molar-refractivity contribution in [3.05, 3.63) is 34.1 Å². The van der Waals surface area contributed by atoms with Gasteiger partial charge in [0.05, 0.1) is 7.11 Å². The Hall–Kier alpha value is -0.970. The van der Waals surface area contributed by atoms with E-state index >= 15 is 0 Å². The normalized spacial score (nSPS) is 10.1. The molecule has 1 heterocycles. The van der Waals surface area contributed by atoms with Crippen LogP contribution in [0.5, 0.6) is 0 Å². The summed E-state index contributed by atoms with van der Waals surface area (Å²) in [5.41, 5.74) is -0.196. The van der Waals surface area contributed by atoms with E-state index in [0.29, 0.717) is 0 Å². The van der Waals surface area contributed by atoms with E-state index in [4.69, 9.17) is 4.74 Å². The van der Waals surface area contributed by atoms with Crippen LogP contribution in [0.2, 0.25) is 0 Å². The molecule has 0 radical (unpaired) electrons. The van der Waals surface area contributed by atoms with Crippen molar-refractivity contribution in [3.8, 4) is 0 Å². The van der Waals surface area contributed by atoms with Crippen molar-refractivity contribution in [2.45, 2.75) is 6.92 Å². The molecule has 0 saturated heterocycles. The monoisotopic (exact) mass is 263 g/mol. The molecular weight excluding hydrogens is 256 g/mol. The lowest BCUT2D eigenvalue weighted by Crippen LogP contribution is -2.02. The van der Waals surface area contributed by atoms with Gasteiger partial charge in [0, 0.05) is 5.56 Å². The van der Waals surface area contributed by atoms with Gasteiger partial charge in [-0.3, -0.25) is 0 Å². The van der Waals surface area contributed by atoms with Crippen molar-refractivity contribution in [2.75, 3.05) is 7.11 Å². The minimum absolute atomic E-state index is 0.0513. The second kappa shape index (κ2) is 4.04. The van der Waals surface area contributed by atoms with Crippen LogP contribution in [0.25, 0.3) is 5.76 Å². The zero-order valence-electron chi connectivity index (χ0n) is 7.70. The van der Waals surface area contributed by atoms with E-state index in [1.807, 2.05) is 0 Å². The Labute approximate surface area is 88.7 Å². The number of pyridine rings is 1. The minimum atomic E-state index is -0.752. The molecule has 2 nitrogen and oxygen atoms in total. The summed E-state index contributed by atoms with van der Waals surface area (Å²) in [5.74, 6) is -1.40. The first-order valence-corrected chi connectivity index (χ1v) is 4.52. The fourth-order valence-corrected chi connectivity index (χ4v) is 1.38. The van der Waals surface area contributed by atoms with Crippen molar-refractivity contribution < 1.29 is 13.5 Å². The first-order valence-electron chi connectivity index (χ1n) is 3.73. The summed E-state index contributed by atoms with van der Waals surface area (Å²) in [6.45, 7) is 4.77. The van der Waals surface area contributed by atoms with Gasteiger partial charge in [0.15, 0.2) is 11.6 Å². The molecule has 14 heavy (non-hydrogen) atoms. The molecule has 5 heteroatoms. The summed E-state index contributed by atoms with van der Waals surface area (Å²) in [5, 5.41) is 0. The molecule has 1 aromatic heterocycles. The van der Waals surface area contributed by atoms with Crippen molar-refractivity contribution in [2.24, 2.45) is 0 Å². The summed E-state index contributed by atoms with van der Waals surface area (Å²) in [6, 6.07) is 0. The Bertz CT molecular complexity index is 393. The van der Waals surface area contributed by atoms with Gasteiger partial charge in [-0.1, -0.05) is 6.58 Å². The zero-order chi connectivity index (χ0) is 10.9. The lowest BCUT2D eigenvalue weighted by Gasteiger charge is -2.08. The van der Waals surface area contributed by atoms with Gasteiger partial charge in [-0.05, 0) is 22.9 Å². The van der Waals surface area contributed by atoms with Gasteiger partial charge >= 0.3 is 0 Å². The van der Waals surface area contributed by atoms with Gasteiger partial charge in [-0.25, -0.2) is 13.8 Å². The van der Waals surface area contributed by atoms with Gasteiger partial charge in [-0.15, -0.1) is 0 Å². The first kappa shape index (κ1) is 11.1. The summed E-state index contributed by atoms with van der Waals surface area (Å²) >= 11 is 2.88. The zero-order valence-corrected chi connectivity index (χ0v) is 9.28. The molecule has 0 fully saturated rings. The summed E-state index contributed by atoms with van der Waals surface area (Å²) < 4.78 is 31.2. The molecule has 0 amide bonds. The molecule has 0 aliphatic heterocycles. The summed E-state index contributed by atoms with van der Waals surface area (Å²) in [6.07, 6.45) is 0. The maximum Gasteiger partial charge on any atom is 0.161 e. The molecular formula is C9H8BrF2NO. The number of ether oxygens (including phenoxy) is 1. The number of methoxy groups -OCH3 is 1. The van der Waals surface area contributed by atoms with Crippen LogP contribution >= 0.6 is 15.9 Å². The molecule has 0 aromatic carbocycles. The average molecular weight is 264 g/mol. The predicted molar refractivity (Wildman–Crippen MR) is 52.6 cm³/mol. The molecule has 0 aliphatic rings. The fraction of sp³-hybridized carbons (Fsp3) is 0.222. The third-order valence-corrected chi connectivity index (χ3v) is 2.29. The Morgan fingerprint density at radius 3 is 2.50 bits per heavy atom. The van der Waals surface area contributed by atoms with Crippen LogP contribution in [0.1, 0.15) is 11.3 Å². The van der Waals surface area contributed by atoms with Crippen LogP contribution in [0.3, 0.4) is 0 Å². The van der Waals surface area contributed by atoms with Gasteiger partial charge in [0.1, 0.15) is 16.1 Å². The molecule has 1 rings (SSSR count). The van der Waals surface area contributed by atoms with E-state index in [2.05, 4.69) is 27.5 Å². The van der Waals surface area contributed by atoms with E-state index in [1.54, 1.807) is 0 Å². The maximum absolute atomic E-state index is 13.4. The minimum Gasteiger partial charge on any atom is -0.495 e. The molecule has 0 spiro atoms. The number of hydrogen-bond donors (Lipinski definition) is 0. The van der Waals surface area contributed by atoms with Crippen LogP contribution in [0.4, 0.5) is 8.78 Å². The van der Waals surface area contributed by atoms with Crippen LogP contribution in [-0.2, 0) is 4.74 Å². The molecule has 76 valence electrons. The summed E-state index contributed by atoms with van der Waals surface area (Å²) in [4.78, 5) is 3.65. The Morgan fingerprint density at radius 1 is 1.43 bits per heavy atom.